The molecule has 0 aliphatic carbocycles. The molecule has 0 bridgehead atoms. The second-order valence-electron chi connectivity index (χ2n) is 6.17. The fourth-order valence-electron chi connectivity index (χ4n) is 2.87. The number of nitrogens with zero attached hydrogens (tertiary/aromatic N) is 5. The fraction of sp³-hybridized carbons (Fsp3) is 0.158. The molecule has 4 rings (SSSR count). The van der Waals surface area contributed by atoms with Crippen molar-refractivity contribution in [3.05, 3.63) is 70.8 Å². The number of aromatic nitrogens is 4. The molecular weight excluding hydrogens is 382 g/mol. The van der Waals surface area contributed by atoms with Gasteiger partial charge in [0.05, 0.1) is 16.3 Å². The summed E-state index contributed by atoms with van der Waals surface area (Å²) >= 11 is 7.70. The van der Waals surface area contributed by atoms with Crippen molar-refractivity contribution in [3.63, 3.8) is 0 Å². The van der Waals surface area contributed by atoms with Crippen LogP contribution in [0.1, 0.15) is 21.6 Å². The van der Waals surface area contributed by atoms with E-state index in [1.807, 2.05) is 37.4 Å². The van der Waals surface area contributed by atoms with Crippen LogP contribution < -0.4 is 4.90 Å². The Bertz CT molecular complexity index is 1120. The van der Waals surface area contributed by atoms with E-state index in [-0.39, 0.29) is 5.91 Å². The predicted octanol–water partition coefficient (Wildman–Crippen LogP) is 4.23. The molecule has 0 atom stereocenters. The van der Waals surface area contributed by atoms with Crippen molar-refractivity contribution < 1.29 is 4.79 Å². The Morgan fingerprint density at radius 3 is 2.81 bits per heavy atom. The first kappa shape index (κ1) is 17.6. The number of carbonyl (C=O) groups excluding carboxylic acids is 1. The SMILES string of the molecule is Cc1cn(C)nc1C(=O)N(Cc1cccnc1)c1nc2c(Cl)cccc2s1. The number of hydrogen-bond acceptors (Lipinski definition) is 5. The predicted molar refractivity (Wildman–Crippen MR) is 107 cm³/mol. The lowest BCUT2D eigenvalue weighted by molar-refractivity contribution is 0.0979. The lowest BCUT2D eigenvalue weighted by Crippen LogP contribution is -2.31. The van der Waals surface area contributed by atoms with Gasteiger partial charge in [0.1, 0.15) is 5.52 Å². The molecule has 4 aromatic rings. The smallest absolute Gasteiger partial charge is 0.278 e. The highest BCUT2D eigenvalue weighted by atomic mass is 35.5. The third-order valence-electron chi connectivity index (χ3n) is 4.11. The summed E-state index contributed by atoms with van der Waals surface area (Å²) in [5.41, 5.74) is 2.83. The molecule has 136 valence electrons. The van der Waals surface area contributed by atoms with Gasteiger partial charge in [-0.25, -0.2) is 4.98 Å². The topological polar surface area (TPSA) is 63.9 Å². The number of amides is 1. The summed E-state index contributed by atoms with van der Waals surface area (Å²) in [5.74, 6) is -0.202. The minimum Gasteiger partial charge on any atom is -0.278 e. The van der Waals surface area contributed by atoms with Crippen molar-refractivity contribution >= 4 is 44.2 Å². The number of thiazole rings is 1. The van der Waals surface area contributed by atoms with Gasteiger partial charge in [-0.2, -0.15) is 5.10 Å². The maximum atomic E-state index is 13.3. The molecular formula is C19H16ClN5OS. The van der Waals surface area contributed by atoms with Gasteiger partial charge in [0.2, 0.25) is 0 Å². The highest BCUT2D eigenvalue weighted by Crippen LogP contribution is 2.34. The summed E-state index contributed by atoms with van der Waals surface area (Å²) in [6, 6.07) is 9.39. The van der Waals surface area contributed by atoms with Crippen molar-refractivity contribution in [1.29, 1.82) is 0 Å². The van der Waals surface area contributed by atoms with Crippen molar-refractivity contribution in [3.8, 4) is 0 Å². The van der Waals surface area contributed by atoms with E-state index in [0.29, 0.717) is 27.9 Å². The number of hydrogen-bond donors (Lipinski definition) is 0. The summed E-state index contributed by atoms with van der Waals surface area (Å²) in [6.45, 7) is 2.22. The molecule has 0 unspecified atom stereocenters. The van der Waals surface area contributed by atoms with E-state index >= 15 is 0 Å². The molecule has 0 radical (unpaired) electrons. The number of benzene rings is 1. The van der Waals surface area contributed by atoms with E-state index in [1.165, 1.54) is 11.3 Å². The average Bonchev–Trinajstić information content (AvgIpc) is 3.23. The molecule has 0 saturated heterocycles. The molecule has 0 aliphatic heterocycles. The minimum atomic E-state index is -0.202. The number of carbonyl (C=O) groups is 1. The number of halogens is 1. The Morgan fingerprint density at radius 1 is 1.30 bits per heavy atom. The Kier molecular flexibility index (Phi) is 4.63. The van der Waals surface area contributed by atoms with Crippen molar-refractivity contribution in [2.45, 2.75) is 13.5 Å². The van der Waals surface area contributed by atoms with Gasteiger partial charge in [-0.05, 0) is 30.7 Å². The van der Waals surface area contributed by atoms with Gasteiger partial charge in [0, 0.05) is 31.2 Å². The van der Waals surface area contributed by atoms with Crippen molar-refractivity contribution in [2.24, 2.45) is 7.05 Å². The van der Waals surface area contributed by atoms with E-state index in [9.17, 15) is 4.79 Å². The quantitative estimate of drug-likeness (QED) is 0.516. The molecule has 0 saturated carbocycles. The summed E-state index contributed by atoms with van der Waals surface area (Å²) in [7, 11) is 1.80. The van der Waals surface area contributed by atoms with Gasteiger partial charge >= 0.3 is 0 Å². The van der Waals surface area contributed by atoms with Crippen LogP contribution in [0.2, 0.25) is 5.02 Å². The summed E-state index contributed by atoms with van der Waals surface area (Å²) in [6.07, 6.45) is 5.27. The van der Waals surface area contributed by atoms with Gasteiger partial charge in [0.15, 0.2) is 10.8 Å². The monoisotopic (exact) mass is 397 g/mol. The van der Waals surface area contributed by atoms with E-state index in [0.717, 1.165) is 15.8 Å². The van der Waals surface area contributed by atoms with Crippen LogP contribution >= 0.6 is 22.9 Å². The van der Waals surface area contributed by atoms with E-state index in [1.54, 1.807) is 35.1 Å². The van der Waals surface area contributed by atoms with Crippen molar-refractivity contribution in [2.75, 3.05) is 4.90 Å². The van der Waals surface area contributed by atoms with Crippen LogP contribution in [-0.4, -0.2) is 25.7 Å². The second kappa shape index (κ2) is 7.09. The number of rotatable bonds is 4. The Morgan fingerprint density at radius 2 is 2.15 bits per heavy atom. The van der Waals surface area contributed by atoms with Gasteiger partial charge < -0.3 is 0 Å². The number of anilines is 1. The molecule has 8 heteroatoms. The number of fused-ring (bicyclic) bond motifs is 1. The van der Waals surface area contributed by atoms with Gasteiger partial charge in [-0.15, -0.1) is 0 Å². The van der Waals surface area contributed by atoms with Crippen LogP contribution in [0, 0.1) is 6.92 Å². The third kappa shape index (κ3) is 3.43. The van der Waals surface area contributed by atoms with Crippen LogP contribution in [0.4, 0.5) is 5.13 Å². The largest absolute Gasteiger partial charge is 0.281 e. The molecule has 0 fully saturated rings. The zero-order valence-corrected chi connectivity index (χ0v) is 16.3. The molecule has 0 N–H and O–H groups in total. The first-order valence-electron chi connectivity index (χ1n) is 8.29. The summed E-state index contributed by atoms with van der Waals surface area (Å²) in [5, 5.41) is 5.48. The summed E-state index contributed by atoms with van der Waals surface area (Å²) in [4.78, 5) is 23.7. The number of aryl methyl sites for hydroxylation is 2. The fourth-order valence-corrected chi connectivity index (χ4v) is 4.13. The molecule has 3 heterocycles. The first-order chi connectivity index (χ1) is 13.0. The van der Waals surface area contributed by atoms with Crippen molar-refractivity contribution in [1.82, 2.24) is 19.7 Å². The maximum Gasteiger partial charge on any atom is 0.281 e. The molecule has 0 aliphatic rings. The number of para-hydroxylation sites is 1. The Balaban J connectivity index is 1.80. The summed E-state index contributed by atoms with van der Waals surface area (Å²) < 4.78 is 2.57. The lowest BCUT2D eigenvalue weighted by Gasteiger charge is -2.19. The van der Waals surface area contributed by atoms with Gasteiger partial charge in [-0.1, -0.05) is 35.1 Å². The second-order valence-corrected chi connectivity index (χ2v) is 7.59. The molecule has 6 nitrogen and oxygen atoms in total. The van der Waals surface area contributed by atoms with Crippen LogP contribution in [0.3, 0.4) is 0 Å². The van der Waals surface area contributed by atoms with Crippen LogP contribution in [0.25, 0.3) is 10.2 Å². The van der Waals surface area contributed by atoms with Gasteiger partial charge in [-0.3, -0.25) is 19.4 Å². The van der Waals surface area contributed by atoms with Crippen LogP contribution in [-0.2, 0) is 13.6 Å². The van der Waals surface area contributed by atoms with E-state index in [4.69, 9.17) is 11.6 Å². The Labute approximate surface area is 165 Å². The van der Waals surface area contributed by atoms with Gasteiger partial charge in [0.25, 0.3) is 5.91 Å². The maximum absolute atomic E-state index is 13.3. The standard InChI is InChI=1S/C19H16ClN5OS/c1-12-10-24(2)23-16(12)18(26)25(11-13-5-4-8-21-9-13)19-22-17-14(20)6-3-7-15(17)27-19/h3-10H,11H2,1-2H3. The zero-order chi connectivity index (χ0) is 19.0. The molecule has 0 spiro atoms. The number of pyridine rings is 1. The molecule has 1 aromatic carbocycles. The average molecular weight is 398 g/mol. The van der Waals surface area contributed by atoms with E-state index in [2.05, 4.69) is 15.1 Å². The molecule has 27 heavy (non-hydrogen) atoms. The van der Waals surface area contributed by atoms with E-state index < -0.39 is 0 Å². The zero-order valence-electron chi connectivity index (χ0n) is 14.8. The Hall–Kier alpha value is -2.77. The first-order valence-corrected chi connectivity index (χ1v) is 9.48. The highest BCUT2D eigenvalue weighted by Gasteiger charge is 2.25. The third-order valence-corrected chi connectivity index (χ3v) is 5.46. The highest BCUT2D eigenvalue weighted by molar-refractivity contribution is 7.22. The molecule has 3 aromatic heterocycles. The lowest BCUT2D eigenvalue weighted by atomic mass is 10.2. The minimum absolute atomic E-state index is 0.202. The normalized spacial score (nSPS) is 11.1. The van der Waals surface area contributed by atoms with Crippen LogP contribution in [0.15, 0.2) is 48.9 Å². The molecule has 1 amide bonds. The van der Waals surface area contributed by atoms with Crippen LogP contribution in [0.5, 0.6) is 0 Å².